The summed E-state index contributed by atoms with van der Waals surface area (Å²) in [5, 5.41) is 2.26. The molecule has 0 spiro atoms. The van der Waals surface area contributed by atoms with E-state index in [1.807, 2.05) is 18.2 Å². The monoisotopic (exact) mass is 590 g/mol. The molecule has 3 aromatic carbocycles. The van der Waals surface area contributed by atoms with Gasteiger partial charge in [-0.25, -0.2) is 0 Å². The third-order valence-electron chi connectivity index (χ3n) is 7.47. The van der Waals surface area contributed by atoms with Crippen LogP contribution in [0.5, 0.6) is 0 Å². The summed E-state index contributed by atoms with van der Waals surface area (Å²) < 4.78 is 27.9. The Morgan fingerprint density at radius 1 is 0.767 bits per heavy atom. The fraction of sp³-hybridized carbons (Fsp3) is 0.412. The van der Waals surface area contributed by atoms with Crippen molar-refractivity contribution in [2.45, 2.75) is 78.7 Å². The van der Waals surface area contributed by atoms with E-state index >= 15 is 0 Å². The maximum Gasteiger partial charge on any atom is 0.310 e. The second kappa shape index (κ2) is 14.4. The van der Waals surface area contributed by atoms with Gasteiger partial charge in [0.05, 0.1) is 12.5 Å². The Hall–Kier alpha value is -4.08. The average Bonchev–Trinajstić information content (AvgIpc) is 2.98. The average molecular weight is 591 g/mol. The van der Waals surface area contributed by atoms with Crippen LogP contribution < -0.4 is 0 Å². The van der Waals surface area contributed by atoms with Crippen molar-refractivity contribution in [3.8, 4) is 0 Å². The summed E-state index contributed by atoms with van der Waals surface area (Å²) >= 11 is 0. The van der Waals surface area contributed by atoms with Crippen molar-refractivity contribution in [2.75, 3.05) is 6.61 Å². The fourth-order valence-electron chi connectivity index (χ4n) is 5.13. The molecule has 0 unspecified atom stereocenters. The second-order valence-electron chi connectivity index (χ2n) is 10.9. The molecule has 1 fully saturated rings. The van der Waals surface area contributed by atoms with E-state index in [0.29, 0.717) is 11.1 Å². The van der Waals surface area contributed by atoms with E-state index in [4.69, 9.17) is 23.7 Å². The van der Waals surface area contributed by atoms with Gasteiger partial charge in [-0.1, -0.05) is 68.4 Å². The van der Waals surface area contributed by atoms with E-state index < -0.39 is 42.5 Å². The lowest BCUT2D eigenvalue weighted by molar-refractivity contribution is -0.276. The topological polar surface area (TPSA) is 114 Å². The minimum absolute atomic E-state index is 0.0742. The number of ketones is 1. The maximum absolute atomic E-state index is 12.8. The van der Waals surface area contributed by atoms with Crippen molar-refractivity contribution in [1.29, 1.82) is 0 Å². The van der Waals surface area contributed by atoms with Crippen LogP contribution in [0.1, 0.15) is 61.7 Å². The summed E-state index contributed by atoms with van der Waals surface area (Å²) in [6.07, 6.45) is -2.02. The number of carbonyl (C=O) groups is 4. The molecule has 5 atom stereocenters. The Labute approximate surface area is 251 Å². The number of hydrogen-bond acceptors (Lipinski definition) is 9. The zero-order chi connectivity index (χ0) is 31.1. The Kier molecular flexibility index (Phi) is 10.7. The highest BCUT2D eigenvalue weighted by Gasteiger charge is 2.46. The van der Waals surface area contributed by atoms with E-state index in [-0.39, 0.29) is 31.4 Å². The molecule has 228 valence electrons. The molecular formula is C34H38O9. The lowest BCUT2D eigenvalue weighted by Gasteiger charge is -2.42. The van der Waals surface area contributed by atoms with Gasteiger partial charge >= 0.3 is 17.9 Å². The standard InChI is InChI=1S/C34H38O9/c1-6-24-7-13-29-16-26(10-14-28(29)15-24)18-39-31(38)17-25-8-11-27(12-9-25)30(37)19-40-34-20(2)32(42-22(4)35)33(21(3)41-34)43-23(5)36/h7-16,20-21,32-34H,6,17-19H2,1-5H3/t20-,21-,32-,33+,34+/m0/s1. The molecule has 0 saturated carbocycles. The van der Waals surface area contributed by atoms with Crippen LogP contribution in [0, 0.1) is 5.92 Å². The highest BCUT2D eigenvalue weighted by Crippen LogP contribution is 2.31. The largest absolute Gasteiger partial charge is 0.461 e. The molecule has 43 heavy (non-hydrogen) atoms. The molecule has 0 aromatic heterocycles. The Morgan fingerprint density at radius 3 is 1.98 bits per heavy atom. The van der Waals surface area contributed by atoms with Crippen LogP contribution in [-0.4, -0.2) is 54.9 Å². The summed E-state index contributed by atoms with van der Waals surface area (Å²) in [4.78, 5) is 48.6. The summed E-state index contributed by atoms with van der Waals surface area (Å²) in [7, 11) is 0. The predicted molar refractivity (Wildman–Crippen MR) is 158 cm³/mol. The highest BCUT2D eigenvalue weighted by atomic mass is 16.7. The third kappa shape index (κ3) is 8.49. The Balaban J connectivity index is 1.28. The minimum atomic E-state index is -0.861. The first-order valence-corrected chi connectivity index (χ1v) is 14.4. The van der Waals surface area contributed by atoms with Gasteiger partial charge in [-0.3, -0.25) is 19.2 Å². The van der Waals surface area contributed by atoms with E-state index in [0.717, 1.165) is 22.8 Å². The summed E-state index contributed by atoms with van der Waals surface area (Å²) in [6.45, 7) is 7.98. The maximum atomic E-state index is 12.8. The highest BCUT2D eigenvalue weighted by molar-refractivity contribution is 5.97. The molecule has 1 aliphatic rings. The molecule has 4 rings (SSSR count). The number of hydrogen-bond donors (Lipinski definition) is 0. The molecule has 1 aliphatic heterocycles. The SMILES string of the molecule is CCc1ccc2cc(COC(=O)Cc3ccc(C(=O)CO[C@@H]4O[C@@H](C)[C@@H](OC(C)=O)[C@@H](OC(C)=O)[C@@H]4C)cc3)ccc2c1. The molecule has 9 heteroatoms. The van der Waals surface area contributed by atoms with Crippen molar-refractivity contribution in [2.24, 2.45) is 5.92 Å². The van der Waals surface area contributed by atoms with Gasteiger partial charge in [0.2, 0.25) is 0 Å². The van der Waals surface area contributed by atoms with Crippen LogP contribution in [0.15, 0.2) is 60.7 Å². The van der Waals surface area contributed by atoms with E-state index in [1.54, 1.807) is 38.1 Å². The van der Waals surface area contributed by atoms with E-state index in [2.05, 4.69) is 25.1 Å². The van der Waals surface area contributed by atoms with Gasteiger partial charge in [-0.2, -0.15) is 0 Å². The van der Waals surface area contributed by atoms with E-state index in [1.165, 1.54) is 19.4 Å². The number of carbonyl (C=O) groups excluding carboxylic acids is 4. The first-order valence-electron chi connectivity index (χ1n) is 14.4. The van der Waals surface area contributed by atoms with Crippen LogP contribution in [0.3, 0.4) is 0 Å². The third-order valence-corrected chi connectivity index (χ3v) is 7.47. The number of rotatable bonds is 11. The van der Waals surface area contributed by atoms with Crippen LogP contribution in [0.2, 0.25) is 0 Å². The number of ether oxygens (including phenoxy) is 5. The molecule has 1 heterocycles. The van der Waals surface area contributed by atoms with Crippen LogP contribution in [0.4, 0.5) is 0 Å². The van der Waals surface area contributed by atoms with Crippen LogP contribution in [0.25, 0.3) is 10.8 Å². The zero-order valence-electron chi connectivity index (χ0n) is 25.2. The lowest BCUT2D eigenvalue weighted by Crippen LogP contribution is -2.56. The number of aryl methyl sites for hydroxylation is 1. The minimum Gasteiger partial charge on any atom is -0.461 e. The van der Waals surface area contributed by atoms with Crippen LogP contribution in [-0.2, 0) is 57.5 Å². The quantitative estimate of drug-likeness (QED) is 0.170. The number of benzene rings is 3. The molecule has 0 aliphatic carbocycles. The number of esters is 3. The van der Waals surface area contributed by atoms with Gasteiger partial charge in [0.15, 0.2) is 18.2 Å². The first-order chi connectivity index (χ1) is 20.5. The fourth-order valence-corrected chi connectivity index (χ4v) is 5.13. The van der Waals surface area contributed by atoms with Crippen molar-refractivity contribution < 1.29 is 42.9 Å². The normalized spacial score (nSPS) is 21.7. The molecule has 0 radical (unpaired) electrons. The van der Waals surface area contributed by atoms with Crippen molar-refractivity contribution in [3.05, 3.63) is 82.9 Å². The van der Waals surface area contributed by atoms with Gasteiger partial charge in [-0.05, 0) is 46.9 Å². The van der Waals surface area contributed by atoms with Crippen molar-refractivity contribution in [3.63, 3.8) is 0 Å². The first kappa shape index (κ1) is 31.8. The predicted octanol–water partition coefficient (Wildman–Crippen LogP) is 5.13. The molecule has 0 amide bonds. The number of Topliss-reactive ketones (excluding diaryl/α,β-unsaturated/α-hetero) is 1. The molecule has 0 bridgehead atoms. The Bertz CT molecular complexity index is 1460. The lowest BCUT2D eigenvalue weighted by atomic mass is 9.92. The van der Waals surface area contributed by atoms with Gasteiger partial charge in [0.1, 0.15) is 19.3 Å². The molecule has 0 N–H and O–H groups in total. The summed E-state index contributed by atoms with van der Waals surface area (Å²) in [5.74, 6) is -2.21. The number of fused-ring (bicyclic) bond motifs is 1. The van der Waals surface area contributed by atoms with Gasteiger partial charge in [0, 0.05) is 25.3 Å². The van der Waals surface area contributed by atoms with Crippen molar-refractivity contribution >= 4 is 34.5 Å². The van der Waals surface area contributed by atoms with E-state index in [9.17, 15) is 19.2 Å². The molecule has 9 nitrogen and oxygen atoms in total. The summed E-state index contributed by atoms with van der Waals surface area (Å²) in [6, 6.07) is 19.1. The molecule has 3 aromatic rings. The molecule has 1 saturated heterocycles. The Morgan fingerprint density at radius 2 is 1.35 bits per heavy atom. The second-order valence-corrected chi connectivity index (χ2v) is 10.9. The van der Waals surface area contributed by atoms with Crippen LogP contribution >= 0.6 is 0 Å². The smallest absolute Gasteiger partial charge is 0.310 e. The van der Waals surface area contributed by atoms with Gasteiger partial charge in [0.25, 0.3) is 0 Å². The summed E-state index contributed by atoms with van der Waals surface area (Å²) in [5.41, 5.74) is 3.31. The zero-order valence-corrected chi connectivity index (χ0v) is 25.2. The van der Waals surface area contributed by atoms with Gasteiger partial charge < -0.3 is 23.7 Å². The van der Waals surface area contributed by atoms with Gasteiger partial charge in [-0.15, -0.1) is 0 Å². The van der Waals surface area contributed by atoms with Crippen molar-refractivity contribution in [1.82, 2.24) is 0 Å². The molecular weight excluding hydrogens is 552 g/mol.